The number of fused-ring (bicyclic) bond motifs is 2. The number of aryl methyl sites for hydroxylation is 2. The fourth-order valence-electron chi connectivity index (χ4n) is 3.72. The third-order valence-corrected chi connectivity index (χ3v) is 5.28. The fraction of sp³-hybridized carbons (Fsp3) is 0.0870. The second-order valence-electron chi connectivity index (χ2n) is 7.15. The monoisotopic (exact) mass is 399 g/mol. The summed E-state index contributed by atoms with van der Waals surface area (Å²) in [6, 6.07) is 15.4. The van der Waals surface area contributed by atoms with E-state index in [4.69, 9.17) is 0 Å². The van der Waals surface area contributed by atoms with Crippen LogP contribution in [0.25, 0.3) is 27.6 Å². The summed E-state index contributed by atoms with van der Waals surface area (Å²) in [5, 5.41) is 3.59. The normalized spacial score (nSPS) is 11.3. The zero-order valence-corrected chi connectivity index (χ0v) is 16.4. The summed E-state index contributed by atoms with van der Waals surface area (Å²) < 4.78 is 17.6. The Labute approximate surface area is 171 Å². The molecule has 2 aromatic carbocycles. The Morgan fingerprint density at radius 2 is 1.77 bits per heavy atom. The van der Waals surface area contributed by atoms with E-state index in [1.54, 1.807) is 29.1 Å². The molecule has 7 heteroatoms. The highest BCUT2D eigenvalue weighted by Crippen LogP contribution is 2.26. The Kier molecular flexibility index (Phi) is 4.10. The molecule has 0 unspecified atom stereocenters. The Morgan fingerprint density at radius 3 is 2.57 bits per heavy atom. The molecule has 148 valence electrons. The molecule has 5 aromatic rings. The number of nitrogens with zero attached hydrogens (tertiary/aromatic N) is 4. The minimum atomic E-state index is -0.350. The second kappa shape index (κ2) is 6.81. The van der Waals surface area contributed by atoms with Crippen LogP contribution in [0.15, 0.2) is 67.0 Å². The van der Waals surface area contributed by atoms with E-state index < -0.39 is 0 Å². The van der Waals surface area contributed by atoms with E-state index in [0.717, 1.165) is 28.1 Å². The number of hydrogen-bond acceptors (Lipinski definition) is 3. The van der Waals surface area contributed by atoms with Crippen molar-refractivity contribution in [3.05, 3.63) is 84.3 Å². The van der Waals surface area contributed by atoms with Crippen LogP contribution in [-0.2, 0) is 7.05 Å². The molecule has 1 amide bonds. The third-order valence-electron chi connectivity index (χ3n) is 5.28. The zero-order valence-electron chi connectivity index (χ0n) is 16.4. The van der Waals surface area contributed by atoms with Gasteiger partial charge in [0.15, 0.2) is 0 Å². The largest absolute Gasteiger partial charge is 0.331 e. The lowest BCUT2D eigenvalue weighted by Crippen LogP contribution is -2.16. The number of aromatic nitrogens is 4. The van der Waals surface area contributed by atoms with Crippen LogP contribution in [0.1, 0.15) is 16.3 Å². The van der Waals surface area contributed by atoms with Crippen LogP contribution in [-0.4, -0.2) is 25.0 Å². The van der Waals surface area contributed by atoms with Gasteiger partial charge in [-0.25, -0.2) is 9.37 Å². The molecule has 0 aliphatic heterocycles. The fourth-order valence-corrected chi connectivity index (χ4v) is 3.72. The van der Waals surface area contributed by atoms with Crippen molar-refractivity contribution in [2.75, 3.05) is 5.32 Å². The summed E-state index contributed by atoms with van der Waals surface area (Å²) in [4.78, 5) is 21.8. The summed E-state index contributed by atoms with van der Waals surface area (Å²) >= 11 is 0. The first-order valence-electron chi connectivity index (χ1n) is 9.47. The maximum atomic E-state index is 13.8. The Hall–Kier alpha value is -4.00. The third kappa shape index (κ3) is 2.91. The van der Waals surface area contributed by atoms with Gasteiger partial charge in [0.2, 0.25) is 0 Å². The van der Waals surface area contributed by atoms with Crippen LogP contribution >= 0.6 is 0 Å². The molecule has 0 saturated carbocycles. The topological polar surface area (TPSA) is 64.7 Å². The number of hydrogen-bond donors (Lipinski definition) is 1. The molecule has 0 saturated heterocycles. The van der Waals surface area contributed by atoms with Crippen molar-refractivity contribution in [3.8, 4) is 5.69 Å². The number of halogens is 1. The summed E-state index contributed by atoms with van der Waals surface area (Å²) in [6.45, 7) is 1.94. The predicted molar refractivity (Wildman–Crippen MR) is 114 cm³/mol. The molecule has 5 rings (SSSR count). The molecular formula is C23H18FN5O. The first kappa shape index (κ1) is 18.1. The van der Waals surface area contributed by atoms with E-state index >= 15 is 0 Å². The van der Waals surface area contributed by atoms with Crippen LogP contribution < -0.4 is 5.32 Å². The molecule has 3 heterocycles. The van der Waals surface area contributed by atoms with E-state index in [1.165, 1.54) is 12.1 Å². The van der Waals surface area contributed by atoms with Crippen molar-refractivity contribution in [2.24, 2.45) is 7.05 Å². The first-order chi connectivity index (χ1) is 14.5. The maximum Gasteiger partial charge on any atom is 0.272 e. The maximum absolute atomic E-state index is 13.8. The molecule has 0 aliphatic rings. The summed E-state index contributed by atoms with van der Waals surface area (Å²) in [5.41, 5.74) is 4.36. The average molecular weight is 399 g/mol. The number of anilines is 1. The van der Waals surface area contributed by atoms with E-state index in [2.05, 4.69) is 15.3 Å². The van der Waals surface area contributed by atoms with Gasteiger partial charge in [-0.1, -0.05) is 0 Å². The summed E-state index contributed by atoms with van der Waals surface area (Å²) in [6.07, 6.45) is 3.31. The minimum Gasteiger partial charge on any atom is -0.331 e. The summed E-state index contributed by atoms with van der Waals surface area (Å²) in [5.74, 6) is 0.251. The molecule has 0 spiro atoms. The molecule has 3 aromatic heterocycles. The quantitative estimate of drug-likeness (QED) is 0.482. The van der Waals surface area contributed by atoms with Crippen molar-refractivity contribution in [1.29, 1.82) is 0 Å². The number of amides is 1. The van der Waals surface area contributed by atoms with E-state index in [0.29, 0.717) is 16.8 Å². The molecule has 30 heavy (non-hydrogen) atoms. The minimum absolute atomic E-state index is 0.296. The SMILES string of the molecule is Cc1nc2cc(NC(=O)c3cc4cc(F)ccc4n3-c3ccncc3)ccc2n1C. The van der Waals surface area contributed by atoms with E-state index in [9.17, 15) is 9.18 Å². The second-order valence-corrected chi connectivity index (χ2v) is 7.15. The molecule has 0 bridgehead atoms. The number of carbonyl (C=O) groups is 1. The highest BCUT2D eigenvalue weighted by molar-refractivity contribution is 6.07. The highest BCUT2D eigenvalue weighted by atomic mass is 19.1. The molecule has 1 N–H and O–H groups in total. The van der Waals surface area contributed by atoms with Crippen molar-refractivity contribution < 1.29 is 9.18 Å². The van der Waals surface area contributed by atoms with Gasteiger partial charge in [0.05, 0.1) is 16.6 Å². The number of benzene rings is 2. The van der Waals surface area contributed by atoms with Crippen LogP contribution in [0.2, 0.25) is 0 Å². The van der Waals surface area contributed by atoms with E-state index in [-0.39, 0.29) is 11.7 Å². The number of nitrogens with one attached hydrogen (secondary N) is 1. The van der Waals surface area contributed by atoms with Crippen molar-refractivity contribution >= 4 is 33.5 Å². The lowest BCUT2D eigenvalue weighted by molar-refractivity contribution is 0.102. The van der Waals surface area contributed by atoms with Crippen LogP contribution in [0.3, 0.4) is 0 Å². The van der Waals surface area contributed by atoms with E-state index in [1.807, 2.05) is 48.9 Å². The number of imidazole rings is 1. The van der Waals surface area contributed by atoms with Gasteiger partial charge in [0.1, 0.15) is 17.3 Å². The van der Waals surface area contributed by atoms with Crippen molar-refractivity contribution in [1.82, 2.24) is 19.1 Å². The molecule has 0 atom stereocenters. The average Bonchev–Trinajstić information content (AvgIpc) is 3.25. The Bertz CT molecular complexity index is 1420. The lowest BCUT2D eigenvalue weighted by Gasteiger charge is -2.11. The molecule has 0 fully saturated rings. The van der Waals surface area contributed by atoms with Gasteiger partial charge < -0.3 is 14.5 Å². The number of rotatable bonds is 3. The zero-order chi connectivity index (χ0) is 20.8. The molecular weight excluding hydrogens is 381 g/mol. The Balaban J connectivity index is 1.59. The number of carbonyl (C=O) groups excluding carboxylic acids is 1. The van der Waals surface area contributed by atoms with Gasteiger partial charge in [-0.2, -0.15) is 0 Å². The molecule has 6 nitrogen and oxygen atoms in total. The highest BCUT2D eigenvalue weighted by Gasteiger charge is 2.18. The van der Waals surface area contributed by atoms with Gasteiger partial charge in [0.25, 0.3) is 5.91 Å². The summed E-state index contributed by atoms with van der Waals surface area (Å²) in [7, 11) is 1.95. The first-order valence-corrected chi connectivity index (χ1v) is 9.47. The van der Waals surface area contributed by atoms with Gasteiger partial charge >= 0.3 is 0 Å². The smallest absolute Gasteiger partial charge is 0.272 e. The van der Waals surface area contributed by atoms with Gasteiger partial charge in [-0.15, -0.1) is 0 Å². The standard InChI is InChI=1S/C23H18FN5O/c1-14-26-19-13-17(4-6-21(19)28(14)2)27-23(30)22-12-15-11-16(24)3-5-20(15)29(22)18-7-9-25-10-8-18/h3-13H,1-2H3,(H,27,30). The molecule has 0 radical (unpaired) electrons. The predicted octanol–water partition coefficient (Wildman–Crippen LogP) is 4.61. The van der Waals surface area contributed by atoms with Crippen LogP contribution in [0.5, 0.6) is 0 Å². The Morgan fingerprint density at radius 1 is 1.00 bits per heavy atom. The van der Waals surface area contributed by atoms with Gasteiger partial charge in [0, 0.05) is 36.2 Å². The van der Waals surface area contributed by atoms with Crippen LogP contribution in [0.4, 0.5) is 10.1 Å². The van der Waals surface area contributed by atoms with Gasteiger partial charge in [-0.05, 0) is 61.5 Å². The van der Waals surface area contributed by atoms with Crippen molar-refractivity contribution in [2.45, 2.75) is 6.92 Å². The number of pyridine rings is 1. The van der Waals surface area contributed by atoms with Gasteiger partial charge in [-0.3, -0.25) is 9.78 Å². The molecule has 0 aliphatic carbocycles. The lowest BCUT2D eigenvalue weighted by atomic mass is 10.2. The van der Waals surface area contributed by atoms with Crippen molar-refractivity contribution in [3.63, 3.8) is 0 Å². The van der Waals surface area contributed by atoms with Crippen LogP contribution in [0, 0.1) is 12.7 Å².